The fourth-order valence-corrected chi connectivity index (χ4v) is 4.90. The van der Waals surface area contributed by atoms with E-state index in [4.69, 9.17) is 23.7 Å². The van der Waals surface area contributed by atoms with Crippen molar-refractivity contribution in [1.29, 1.82) is 0 Å². The second-order valence-corrected chi connectivity index (χ2v) is 12.3. The Morgan fingerprint density at radius 3 is 1.74 bits per heavy atom. The van der Waals surface area contributed by atoms with Gasteiger partial charge in [0.15, 0.2) is 25.4 Å². The Morgan fingerprint density at radius 1 is 0.679 bits per heavy atom. The Kier molecular flexibility index (Phi) is 14.8. The standard InChI is InChI=1S/C34H44N6O13/c1-21-32(46)37(4)17-30(44)51-20-28(42)39(6)25(14-23-8-10-24(11-9-23)15-40-13-12-26(35-40)49-7)34(48)53-22(2)33(47)38(5)16-29(43)50-19-27(41)36(3)18-31(45)52-21/h8-13,21-22,25H,14-20H2,1-7H3. The first kappa shape index (κ1) is 41.4. The molecule has 1 aromatic carbocycles. The molecular formula is C34H44N6O13. The van der Waals surface area contributed by atoms with Crippen LogP contribution in [0.4, 0.5) is 0 Å². The highest BCUT2D eigenvalue weighted by molar-refractivity contribution is 5.91. The Morgan fingerprint density at radius 2 is 1.19 bits per heavy atom. The van der Waals surface area contributed by atoms with Crippen LogP contribution in [-0.4, -0.2) is 163 Å². The number of carbonyl (C=O) groups is 8. The highest BCUT2D eigenvalue weighted by Crippen LogP contribution is 2.15. The van der Waals surface area contributed by atoms with Gasteiger partial charge in [-0.3, -0.25) is 38.2 Å². The maximum Gasteiger partial charge on any atom is 0.329 e. The van der Waals surface area contributed by atoms with Gasteiger partial charge in [-0.25, -0.2) is 4.79 Å². The van der Waals surface area contributed by atoms with E-state index in [0.717, 1.165) is 25.2 Å². The number of benzene rings is 1. The number of aromatic nitrogens is 2. The van der Waals surface area contributed by atoms with Crippen molar-refractivity contribution in [2.24, 2.45) is 0 Å². The molecule has 53 heavy (non-hydrogen) atoms. The number of esters is 4. The number of nitrogens with zero attached hydrogens (tertiary/aromatic N) is 6. The molecule has 19 nitrogen and oxygen atoms in total. The van der Waals surface area contributed by atoms with E-state index in [-0.39, 0.29) is 6.42 Å². The minimum absolute atomic E-state index is 0.0652. The van der Waals surface area contributed by atoms with E-state index in [1.165, 1.54) is 49.1 Å². The largest absolute Gasteiger partial charge is 0.480 e. The minimum atomic E-state index is -1.42. The molecule has 1 aromatic heterocycles. The summed E-state index contributed by atoms with van der Waals surface area (Å²) in [5.74, 6) is -6.54. The average Bonchev–Trinajstić information content (AvgIpc) is 3.58. The zero-order valence-corrected chi connectivity index (χ0v) is 30.6. The van der Waals surface area contributed by atoms with Crippen molar-refractivity contribution in [2.45, 2.75) is 45.1 Å². The highest BCUT2D eigenvalue weighted by Gasteiger charge is 2.33. The molecule has 2 heterocycles. The van der Waals surface area contributed by atoms with E-state index in [1.807, 2.05) is 12.1 Å². The number of hydrogen-bond donors (Lipinski definition) is 0. The van der Waals surface area contributed by atoms with Crippen molar-refractivity contribution in [3.8, 4) is 5.88 Å². The molecule has 1 fully saturated rings. The van der Waals surface area contributed by atoms with Crippen LogP contribution in [0.1, 0.15) is 25.0 Å². The lowest BCUT2D eigenvalue weighted by atomic mass is 10.0. The molecule has 3 unspecified atom stereocenters. The van der Waals surface area contributed by atoms with Gasteiger partial charge in [-0.05, 0) is 25.0 Å². The van der Waals surface area contributed by atoms with E-state index in [1.54, 1.807) is 29.1 Å². The second kappa shape index (κ2) is 19.0. The zero-order valence-electron chi connectivity index (χ0n) is 30.6. The van der Waals surface area contributed by atoms with E-state index in [2.05, 4.69) is 5.10 Å². The van der Waals surface area contributed by atoms with Crippen LogP contribution < -0.4 is 4.74 Å². The Labute approximate surface area is 305 Å². The van der Waals surface area contributed by atoms with Crippen LogP contribution in [0.5, 0.6) is 5.88 Å². The minimum Gasteiger partial charge on any atom is -0.480 e. The van der Waals surface area contributed by atoms with Crippen molar-refractivity contribution >= 4 is 47.5 Å². The van der Waals surface area contributed by atoms with Crippen LogP contribution in [0.3, 0.4) is 0 Å². The molecule has 0 radical (unpaired) electrons. The second-order valence-electron chi connectivity index (χ2n) is 12.3. The fourth-order valence-electron chi connectivity index (χ4n) is 4.90. The van der Waals surface area contributed by atoms with Gasteiger partial charge in [0.05, 0.1) is 13.7 Å². The topological polar surface area (TPSA) is 213 Å². The number of carbonyl (C=O) groups excluding carboxylic acids is 8. The summed E-state index contributed by atoms with van der Waals surface area (Å²) < 4.78 is 27.4. The van der Waals surface area contributed by atoms with Gasteiger partial charge < -0.3 is 43.3 Å². The summed E-state index contributed by atoms with van der Waals surface area (Å²) in [7, 11) is 6.55. The average molecular weight is 745 g/mol. The van der Waals surface area contributed by atoms with E-state index in [0.29, 0.717) is 18.0 Å². The number of likely N-dealkylation sites (N-methyl/N-ethyl adjacent to an activating group) is 4. The Balaban J connectivity index is 1.82. The monoisotopic (exact) mass is 744 g/mol. The lowest BCUT2D eigenvalue weighted by molar-refractivity contribution is -0.167. The molecule has 1 aliphatic heterocycles. The molecule has 0 bridgehead atoms. The summed E-state index contributed by atoms with van der Waals surface area (Å²) in [5.41, 5.74) is 1.49. The van der Waals surface area contributed by atoms with Crippen LogP contribution >= 0.6 is 0 Å². The van der Waals surface area contributed by atoms with Crippen LogP contribution in [0, 0.1) is 0 Å². The van der Waals surface area contributed by atoms with E-state index >= 15 is 0 Å². The number of methoxy groups -OCH3 is 1. The first-order valence-electron chi connectivity index (χ1n) is 16.3. The molecule has 0 saturated carbocycles. The van der Waals surface area contributed by atoms with E-state index in [9.17, 15) is 38.4 Å². The van der Waals surface area contributed by atoms with Crippen molar-refractivity contribution < 1.29 is 62.0 Å². The number of hydrogen-bond acceptors (Lipinski definition) is 14. The molecule has 3 rings (SSSR count). The number of ether oxygens (including phenoxy) is 5. The third-order valence-electron chi connectivity index (χ3n) is 8.04. The van der Waals surface area contributed by atoms with Gasteiger partial charge in [0.2, 0.25) is 5.88 Å². The van der Waals surface area contributed by atoms with Gasteiger partial charge in [-0.15, -0.1) is 5.10 Å². The number of cyclic esters (lactones) is 4. The van der Waals surface area contributed by atoms with Crippen molar-refractivity contribution in [2.75, 3.05) is 68.1 Å². The number of amides is 4. The van der Waals surface area contributed by atoms with Gasteiger partial charge in [-0.2, -0.15) is 0 Å². The molecule has 288 valence electrons. The first-order chi connectivity index (χ1) is 25.0. The van der Waals surface area contributed by atoms with E-state index < -0.39 is 98.6 Å². The summed E-state index contributed by atoms with van der Waals surface area (Å²) in [5, 5.41) is 4.27. The summed E-state index contributed by atoms with van der Waals surface area (Å²) in [6.45, 7) is -0.427. The zero-order chi connectivity index (χ0) is 39.4. The Bertz CT molecular complexity index is 1680. The van der Waals surface area contributed by atoms with Crippen molar-refractivity contribution in [3.05, 3.63) is 47.7 Å². The normalized spacial score (nSPS) is 21.5. The summed E-state index contributed by atoms with van der Waals surface area (Å²) in [6.07, 6.45) is -1.09. The highest BCUT2D eigenvalue weighted by atomic mass is 16.6. The molecule has 4 amide bonds. The molecule has 19 heteroatoms. The predicted molar refractivity (Wildman–Crippen MR) is 181 cm³/mol. The third-order valence-corrected chi connectivity index (χ3v) is 8.04. The van der Waals surface area contributed by atoms with Crippen molar-refractivity contribution in [1.82, 2.24) is 29.4 Å². The van der Waals surface area contributed by atoms with Gasteiger partial charge in [0.1, 0.15) is 25.7 Å². The van der Waals surface area contributed by atoms with Gasteiger partial charge in [-0.1, -0.05) is 24.3 Å². The number of rotatable bonds is 5. The van der Waals surface area contributed by atoms with Crippen LogP contribution in [-0.2, 0) is 70.3 Å². The molecule has 3 atom stereocenters. The molecule has 0 spiro atoms. The maximum absolute atomic E-state index is 13.6. The Hall–Kier alpha value is -6.01. The predicted octanol–water partition coefficient (Wildman–Crippen LogP) is -1.35. The molecule has 1 saturated heterocycles. The smallest absolute Gasteiger partial charge is 0.329 e. The molecule has 1 aliphatic rings. The maximum atomic E-state index is 13.6. The summed E-state index contributed by atoms with van der Waals surface area (Å²) >= 11 is 0. The molecule has 2 aromatic rings. The van der Waals surface area contributed by atoms with Gasteiger partial charge in [0, 0.05) is 46.9 Å². The van der Waals surface area contributed by atoms with Gasteiger partial charge in [0.25, 0.3) is 23.6 Å². The summed E-state index contributed by atoms with van der Waals surface area (Å²) in [4.78, 5) is 106. The molecule has 0 N–H and O–H groups in total. The first-order valence-corrected chi connectivity index (χ1v) is 16.3. The van der Waals surface area contributed by atoms with Gasteiger partial charge >= 0.3 is 23.9 Å². The van der Waals surface area contributed by atoms with Crippen LogP contribution in [0.2, 0.25) is 0 Å². The van der Waals surface area contributed by atoms with Crippen molar-refractivity contribution in [3.63, 3.8) is 0 Å². The third kappa shape index (κ3) is 12.3. The quantitative estimate of drug-likeness (QED) is 0.256. The fraction of sp³-hybridized carbons (Fsp3) is 0.500. The summed E-state index contributed by atoms with van der Waals surface area (Å²) in [6, 6.07) is 7.52. The molecule has 0 aliphatic carbocycles. The van der Waals surface area contributed by atoms with Crippen LogP contribution in [0.15, 0.2) is 36.5 Å². The molecular weight excluding hydrogens is 700 g/mol. The lowest BCUT2D eigenvalue weighted by Gasteiger charge is -2.29. The lowest BCUT2D eigenvalue weighted by Crippen LogP contribution is -2.49. The SMILES string of the molecule is COc1ccn(Cc2ccc(CC3C(=O)OC(C)C(=O)N(C)CC(=O)OCC(=O)N(C)CC(=O)OC(C)C(=O)N(C)CC(=O)OCC(=O)N3C)cc2)n1. The van der Waals surface area contributed by atoms with Crippen LogP contribution in [0.25, 0.3) is 0 Å².